The zero-order valence-electron chi connectivity index (χ0n) is 19.9. The first-order valence-corrected chi connectivity index (χ1v) is 12.5. The Bertz CT molecular complexity index is 1440. The predicted molar refractivity (Wildman–Crippen MR) is 141 cm³/mol. The number of rotatable bonds is 4. The molecule has 3 N–H and O–H groups in total. The lowest BCUT2D eigenvalue weighted by Crippen LogP contribution is -2.30. The van der Waals surface area contributed by atoms with Crippen LogP contribution >= 0.6 is 0 Å². The van der Waals surface area contributed by atoms with E-state index >= 15 is 0 Å². The van der Waals surface area contributed by atoms with Crippen LogP contribution in [-0.4, -0.2) is 33.4 Å². The highest BCUT2D eigenvalue weighted by Gasteiger charge is 2.30. The van der Waals surface area contributed by atoms with Gasteiger partial charge in [-0.2, -0.15) is 0 Å². The molecule has 1 aromatic carbocycles. The molecule has 2 atom stereocenters. The van der Waals surface area contributed by atoms with E-state index < -0.39 is 0 Å². The number of hydrogen-bond acceptors (Lipinski definition) is 6. The third-order valence-electron chi connectivity index (χ3n) is 7.89. The molecule has 35 heavy (non-hydrogen) atoms. The van der Waals surface area contributed by atoms with Gasteiger partial charge in [0, 0.05) is 40.5 Å². The van der Waals surface area contributed by atoms with Crippen molar-refractivity contribution in [3.05, 3.63) is 60.4 Å². The number of hydrogen-bond donors (Lipinski definition) is 2. The Kier molecular flexibility index (Phi) is 5.61. The molecular weight excluding hydrogens is 436 g/mol. The summed E-state index contributed by atoms with van der Waals surface area (Å²) < 4.78 is 6.26. The van der Waals surface area contributed by atoms with E-state index in [9.17, 15) is 5.11 Å². The molecule has 1 fully saturated rings. The molecule has 4 heterocycles. The number of nitrogens with zero attached hydrogens (tertiary/aromatic N) is 3. The Labute approximate surface area is 204 Å². The minimum Gasteiger partial charge on any atom is -0.452 e. The molecule has 0 amide bonds. The summed E-state index contributed by atoms with van der Waals surface area (Å²) in [5, 5.41) is 11.8. The molecule has 0 spiro atoms. The molecule has 6 heteroatoms. The second-order valence-electron chi connectivity index (χ2n) is 9.95. The van der Waals surface area contributed by atoms with Crippen molar-refractivity contribution in [3.8, 4) is 11.3 Å². The van der Waals surface area contributed by atoms with E-state index in [1.165, 1.54) is 0 Å². The summed E-state index contributed by atoms with van der Waals surface area (Å²) >= 11 is 0. The summed E-state index contributed by atoms with van der Waals surface area (Å²) in [5.41, 5.74) is 10.8. The number of dihydropyridines is 1. The first-order chi connectivity index (χ1) is 17.1. The number of aliphatic hydroxyl groups is 1. The summed E-state index contributed by atoms with van der Waals surface area (Å²) in [5.74, 6) is 2.26. The average Bonchev–Trinajstić information content (AvgIpc) is 3.35. The van der Waals surface area contributed by atoms with Crippen LogP contribution in [0.15, 0.2) is 64.3 Å². The summed E-state index contributed by atoms with van der Waals surface area (Å²) in [6.45, 7) is 2.31. The summed E-state index contributed by atoms with van der Waals surface area (Å²) in [4.78, 5) is 13.9. The lowest BCUT2D eigenvalue weighted by atomic mass is 9.75. The van der Waals surface area contributed by atoms with Crippen molar-refractivity contribution in [2.75, 3.05) is 5.73 Å². The summed E-state index contributed by atoms with van der Waals surface area (Å²) in [6.07, 6.45) is 12.7. The highest BCUT2D eigenvalue weighted by molar-refractivity contribution is 6.16. The van der Waals surface area contributed by atoms with Crippen LogP contribution in [0.3, 0.4) is 0 Å². The lowest BCUT2D eigenvalue weighted by Gasteiger charge is -2.34. The van der Waals surface area contributed by atoms with E-state index in [1.54, 1.807) is 6.20 Å². The molecule has 6 nitrogen and oxygen atoms in total. The number of allylic oxidation sites excluding steroid dienone is 1. The second kappa shape index (κ2) is 8.93. The maximum Gasteiger partial charge on any atom is 0.177 e. The number of fused-ring (bicyclic) bond motifs is 2. The number of benzene rings is 1. The van der Waals surface area contributed by atoms with Gasteiger partial charge in [0.05, 0.1) is 17.7 Å². The standard InChI is InChI=1S/C29H30N4O2/c1-17(18-7-10-20(34)11-8-18)25-12-9-19(15-32-25)24-16-33-29(30)28-23(24)14-27(35-28)22-4-2-6-26-21(22)5-3-13-31-26/h2-6,9,13-18,20,25,34H,7-8,10-12H2,1H3,(H2,30,33). The Hall–Kier alpha value is -3.51. The highest BCUT2D eigenvalue weighted by Crippen LogP contribution is 2.39. The minimum atomic E-state index is -0.120. The molecule has 0 saturated heterocycles. The van der Waals surface area contributed by atoms with Gasteiger partial charge in [-0.05, 0) is 67.7 Å². The van der Waals surface area contributed by atoms with Crippen LogP contribution in [0.4, 0.5) is 5.82 Å². The van der Waals surface area contributed by atoms with Crippen molar-refractivity contribution >= 4 is 39.5 Å². The highest BCUT2D eigenvalue weighted by atomic mass is 16.3. The van der Waals surface area contributed by atoms with Crippen LogP contribution in [0.2, 0.25) is 0 Å². The molecule has 2 aliphatic rings. The maximum absolute atomic E-state index is 9.85. The van der Waals surface area contributed by atoms with Gasteiger partial charge in [-0.15, -0.1) is 0 Å². The zero-order valence-corrected chi connectivity index (χ0v) is 19.9. The second-order valence-corrected chi connectivity index (χ2v) is 9.95. The van der Waals surface area contributed by atoms with Crippen molar-refractivity contribution < 1.29 is 9.52 Å². The molecule has 178 valence electrons. The van der Waals surface area contributed by atoms with Gasteiger partial charge in [0.25, 0.3) is 0 Å². The Morgan fingerprint density at radius 1 is 1.03 bits per heavy atom. The molecule has 2 unspecified atom stereocenters. The fourth-order valence-electron chi connectivity index (χ4n) is 5.73. The van der Waals surface area contributed by atoms with Crippen LogP contribution in [0.25, 0.3) is 38.8 Å². The van der Waals surface area contributed by atoms with Crippen molar-refractivity contribution in [1.82, 2.24) is 9.97 Å². The molecule has 1 aliphatic carbocycles. The van der Waals surface area contributed by atoms with Crippen LogP contribution in [-0.2, 0) is 0 Å². The van der Waals surface area contributed by atoms with E-state index in [0.29, 0.717) is 23.2 Å². The van der Waals surface area contributed by atoms with Crippen molar-refractivity contribution in [3.63, 3.8) is 0 Å². The van der Waals surface area contributed by atoms with Gasteiger partial charge < -0.3 is 15.3 Å². The maximum atomic E-state index is 9.85. The largest absolute Gasteiger partial charge is 0.452 e. The Balaban J connectivity index is 1.31. The average molecular weight is 467 g/mol. The Morgan fingerprint density at radius 3 is 2.69 bits per heavy atom. The number of aliphatic imine (C=N–C) groups is 1. The molecule has 4 aromatic rings. The third-order valence-corrected chi connectivity index (χ3v) is 7.89. The number of nitrogen functional groups attached to an aromatic ring is 1. The van der Waals surface area contributed by atoms with E-state index in [1.807, 2.05) is 36.7 Å². The molecule has 0 bridgehead atoms. The molecule has 1 aliphatic heterocycles. The third kappa shape index (κ3) is 4.02. The van der Waals surface area contributed by atoms with Crippen molar-refractivity contribution in [2.45, 2.75) is 51.2 Å². The van der Waals surface area contributed by atoms with E-state index in [0.717, 1.165) is 70.9 Å². The molecule has 6 rings (SSSR count). The van der Waals surface area contributed by atoms with Crippen molar-refractivity contribution in [1.29, 1.82) is 0 Å². The van der Waals surface area contributed by atoms with Gasteiger partial charge in [-0.25, -0.2) is 4.98 Å². The molecular formula is C29H30N4O2. The van der Waals surface area contributed by atoms with Crippen LogP contribution < -0.4 is 5.73 Å². The number of pyridine rings is 2. The fraction of sp³-hybridized carbons (Fsp3) is 0.345. The summed E-state index contributed by atoms with van der Waals surface area (Å²) in [7, 11) is 0. The summed E-state index contributed by atoms with van der Waals surface area (Å²) in [6, 6.07) is 12.4. The topological polar surface area (TPSA) is 97.5 Å². The normalized spacial score (nSPS) is 23.5. The number of furan rings is 1. The number of anilines is 1. The van der Waals surface area contributed by atoms with Gasteiger partial charge in [0.1, 0.15) is 5.76 Å². The van der Waals surface area contributed by atoms with E-state index in [-0.39, 0.29) is 12.1 Å². The van der Waals surface area contributed by atoms with Gasteiger partial charge >= 0.3 is 0 Å². The predicted octanol–water partition coefficient (Wildman–Crippen LogP) is 6.04. The smallest absolute Gasteiger partial charge is 0.177 e. The molecule has 1 saturated carbocycles. The van der Waals surface area contributed by atoms with Crippen LogP contribution in [0.5, 0.6) is 0 Å². The van der Waals surface area contributed by atoms with Crippen LogP contribution in [0.1, 0.15) is 44.6 Å². The number of aliphatic hydroxyl groups excluding tert-OH is 1. The van der Waals surface area contributed by atoms with E-state index in [4.69, 9.17) is 15.1 Å². The fourth-order valence-corrected chi connectivity index (χ4v) is 5.73. The monoisotopic (exact) mass is 466 g/mol. The first-order valence-electron chi connectivity index (χ1n) is 12.5. The number of aromatic nitrogens is 2. The van der Waals surface area contributed by atoms with E-state index in [2.05, 4.69) is 35.1 Å². The van der Waals surface area contributed by atoms with Crippen molar-refractivity contribution in [2.24, 2.45) is 16.8 Å². The Morgan fingerprint density at radius 2 is 1.89 bits per heavy atom. The van der Waals surface area contributed by atoms with Gasteiger partial charge in [0.15, 0.2) is 11.4 Å². The minimum absolute atomic E-state index is 0.120. The lowest BCUT2D eigenvalue weighted by molar-refractivity contribution is 0.0892. The SMILES string of the molecule is CC(C1CCC(O)CC1)C1CC=C(c2cnc(N)c3oc(-c4cccc5ncccc45)cc23)C=N1. The molecule has 3 aromatic heterocycles. The van der Waals surface area contributed by atoms with Gasteiger partial charge in [-0.1, -0.05) is 31.2 Å². The number of nitrogens with two attached hydrogens (primary N) is 1. The van der Waals surface area contributed by atoms with Gasteiger partial charge in [0.2, 0.25) is 0 Å². The molecule has 0 radical (unpaired) electrons. The zero-order chi connectivity index (χ0) is 23.9. The van der Waals surface area contributed by atoms with Gasteiger partial charge in [-0.3, -0.25) is 9.98 Å². The quantitative estimate of drug-likeness (QED) is 0.382. The first kappa shape index (κ1) is 22.0. The van der Waals surface area contributed by atoms with Crippen LogP contribution in [0, 0.1) is 11.8 Å².